The van der Waals surface area contributed by atoms with Gasteiger partial charge >= 0.3 is 0 Å². The van der Waals surface area contributed by atoms with E-state index in [1.54, 1.807) is 0 Å². The van der Waals surface area contributed by atoms with Crippen LogP contribution in [0.25, 0.3) is 0 Å². The van der Waals surface area contributed by atoms with Gasteiger partial charge in [-0.15, -0.1) is 0 Å². The minimum absolute atomic E-state index is 0.0387. The van der Waals surface area contributed by atoms with E-state index in [2.05, 4.69) is 10.6 Å². The minimum Gasteiger partial charge on any atom is -0.325 e. The lowest BCUT2D eigenvalue weighted by atomic mass is 10.1. The molecule has 2 rings (SSSR count). The van der Waals surface area contributed by atoms with Crippen LogP contribution in [0, 0.1) is 0 Å². The second-order valence-electron chi connectivity index (χ2n) is 4.66. The average Bonchev–Trinajstić information content (AvgIpc) is 2.41. The number of amides is 1. The highest BCUT2D eigenvalue weighted by molar-refractivity contribution is 7.99. The lowest BCUT2D eigenvalue weighted by Gasteiger charge is -2.25. The molecule has 18 heavy (non-hydrogen) atoms. The lowest BCUT2D eigenvalue weighted by molar-refractivity contribution is -0.117. The molecule has 0 bridgehead atoms. The fourth-order valence-electron chi connectivity index (χ4n) is 2.07. The van der Waals surface area contributed by atoms with Crippen molar-refractivity contribution in [1.82, 2.24) is 5.32 Å². The van der Waals surface area contributed by atoms with Crippen molar-refractivity contribution in [2.75, 3.05) is 16.8 Å². The molecule has 2 N–H and O–H groups in total. The van der Waals surface area contributed by atoms with Crippen LogP contribution in [0.2, 0.25) is 0 Å². The summed E-state index contributed by atoms with van der Waals surface area (Å²) in [7, 11) is 0. The molecule has 4 heteroatoms. The Morgan fingerprint density at radius 1 is 1.39 bits per heavy atom. The standard InChI is InChI=1S/C14H20N2OS/c1-11(15-13-8-5-9-18-10-13)14(17)16-12-6-3-2-4-7-12/h2-4,6-7,11,13,15H,5,8-10H2,1H3,(H,16,17)/t11-,13-/m0/s1. The quantitative estimate of drug-likeness (QED) is 0.878. The number of rotatable bonds is 4. The summed E-state index contributed by atoms with van der Waals surface area (Å²) < 4.78 is 0. The van der Waals surface area contributed by atoms with Gasteiger partial charge in [0.2, 0.25) is 5.91 Å². The molecule has 1 heterocycles. The van der Waals surface area contributed by atoms with Crippen molar-refractivity contribution in [3.63, 3.8) is 0 Å². The summed E-state index contributed by atoms with van der Waals surface area (Å²) in [6.07, 6.45) is 2.42. The van der Waals surface area contributed by atoms with Crippen molar-refractivity contribution in [1.29, 1.82) is 0 Å². The molecule has 1 saturated heterocycles. The highest BCUT2D eigenvalue weighted by atomic mass is 32.2. The highest BCUT2D eigenvalue weighted by Gasteiger charge is 2.19. The second-order valence-corrected chi connectivity index (χ2v) is 5.81. The summed E-state index contributed by atoms with van der Waals surface area (Å²) in [6.45, 7) is 1.93. The van der Waals surface area contributed by atoms with Crippen molar-refractivity contribution >= 4 is 23.4 Å². The van der Waals surface area contributed by atoms with Crippen LogP contribution in [0.4, 0.5) is 5.69 Å². The van der Waals surface area contributed by atoms with E-state index in [-0.39, 0.29) is 11.9 Å². The van der Waals surface area contributed by atoms with E-state index in [9.17, 15) is 4.79 Å². The van der Waals surface area contributed by atoms with Crippen LogP contribution in [0.15, 0.2) is 30.3 Å². The molecule has 0 aliphatic carbocycles. The molecule has 1 aliphatic heterocycles. The van der Waals surface area contributed by atoms with E-state index in [0.29, 0.717) is 6.04 Å². The van der Waals surface area contributed by atoms with Crippen LogP contribution in [-0.4, -0.2) is 29.5 Å². The first-order valence-electron chi connectivity index (χ1n) is 6.45. The van der Waals surface area contributed by atoms with Gasteiger partial charge < -0.3 is 10.6 Å². The van der Waals surface area contributed by atoms with Crippen LogP contribution in [0.5, 0.6) is 0 Å². The SMILES string of the molecule is C[C@H](N[C@H]1CCCSC1)C(=O)Nc1ccccc1. The largest absolute Gasteiger partial charge is 0.325 e. The van der Waals surface area contributed by atoms with Gasteiger partial charge in [0.05, 0.1) is 6.04 Å². The van der Waals surface area contributed by atoms with Gasteiger partial charge in [-0.2, -0.15) is 11.8 Å². The molecule has 1 aliphatic rings. The van der Waals surface area contributed by atoms with Crippen molar-refractivity contribution in [2.45, 2.75) is 31.8 Å². The number of hydrogen-bond donors (Lipinski definition) is 2. The zero-order chi connectivity index (χ0) is 12.8. The molecule has 1 fully saturated rings. The van der Waals surface area contributed by atoms with E-state index < -0.39 is 0 Å². The summed E-state index contributed by atoms with van der Waals surface area (Å²) in [5.41, 5.74) is 0.856. The number of para-hydroxylation sites is 1. The summed E-state index contributed by atoms with van der Waals surface area (Å²) >= 11 is 1.97. The normalized spacial score (nSPS) is 21.3. The van der Waals surface area contributed by atoms with E-state index in [0.717, 1.165) is 11.4 Å². The topological polar surface area (TPSA) is 41.1 Å². The first kappa shape index (κ1) is 13.4. The van der Waals surface area contributed by atoms with Gasteiger partial charge in [0.25, 0.3) is 0 Å². The number of hydrogen-bond acceptors (Lipinski definition) is 3. The third-order valence-electron chi connectivity index (χ3n) is 3.08. The predicted molar refractivity (Wildman–Crippen MR) is 78.0 cm³/mol. The number of nitrogens with one attached hydrogen (secondary N) is 2. The number of anilines is 1. The van der Waals surface area contributed by atoms with E-state index in [1.807, 2.05) is 49.0 Å². The van der Waals surface area contributed by atoms with Crippen LogP contribution in [0.1, 0.15) is 19.8 Å². The third-order valence-corrected chi connectivity index (χ3v) is 4.30. The highest BCUT2D eigenvalue weighted by Crippen LogP contribution is 2.17. The number of thioether (sulfide) groups is 1. The molecule has 0 spiro atoms. The Labute approximate surface area is 113 Å². The smallest absolute Gasteiger partial charge is 0.241 e. The first-order valence-corrected chi connectivity index (χ1v) is 7.61. The summed E-state index contributed by atoms with van der Waals surface area (Å²) in [5.74, 6) is 2.41. The van der Waals surface area contributed by atoms with Crippen molar-refractivity contribution < 1.29 is 4.79 Å². The fraction of sp³-hybridized carbons (Fsp3) is 0.500. The fourth-order valence-corrected chi connectivity index (χ4v) is 3.16. The van der Waals surface area contributed by atoms with E-state index in [4.69, 9.17) is 0 Å². The summed E-state index contributed by atoms with van der Waals surface area (Å²) in [4.78, 5) is 12.0. The monoisotopic (exact) mass is 264 g/mol. The van der Waals surface area contributed by atoms with Crippen LogP contribution in [-0.2, 0) is 4.79 Å². The van der Waals surface area contributed by atoms with Gasteiger partial charge in [-0.25, -0.2) is 0 Å². The summed E-state index contributed by atoms with van der Waals surface area (Å²) in [6, 6.07) is 9.92. The van der Waals surface area contributed by atoms with Gasteiger partial charge in [-0.1, -0.05) is 18.2 Å². The molecule has 1 aromatic rings. The van der Waals surface area contributed by atoms with Gasteiger partial charge in [0.15, 0.2) is 0 Å². The zero-order valence-electron chi connectivity index (χ0n) is 10.7. The minimum atomic E-state index is -0.145. The molecule has 1 amide bonds. The van der Waals surface area contributed by atoms with Gasteiger partial charge in [0, 0.05) is 17.5 Å². The Hall–Kier alpha value is -1.00. The Morgan fingerprint density at radius 2 is 2.17 bits per heavy atom. The Kier molecular flexibility index (Phi) is 5.08. The summed E-state index contributed by atoms with van der Waals surface area (Å²) in [5, 5.41) is 6.33. The van der Waals surface area contributed by atoms with Crippen molar-refractivity contribution in [3.05, 3.63) is 30.3 Å². The van der Waals surface area contributed by atoms with E-state index >= 15 is 0 Å². The molecule has 0 radical (unpaired) electrons. The van der Waals surface area contributed by atoms with Crippen molar-refractivity contribution in [2.24, 2.45) is 0 Å². The predicted octanol–water partition coefficient (Wildman–Crippen LogP) is 2.50. The van der Waals surface area contributed by atoms with Crippen LogP contribution >= 0.6 is 11.8 Å². The Morgan fingerprint density at radius 3 is 2.83 bits per heavy atom. The number of benzene rings is 1. The molecule has 3 nitrogen and oxygen atoms in total. The molecular formula is C14H20N2OS. The molecule has 1 aromatic carbocycles. The lowest BCUT2D eigenvalue weighted by Crippen LogP contribution is -2.45. The maximum absolute atomic E-state index is 12.0. The van der Waals surface area contributed by atoms with Gasteiger partial charge in [-0.3, -0.25) is 4.79 Å². The maximum Gasteiger partial charge on any atom is 0.241 e. The molecule has 98 valence electrons. The van der Waals surface area contributed by atoms with Crippen molar-refractivity contribution in [3.8, 4) is 0 Å². The van der Waals surface area contributed by atoms with Crippen LogP contribution in [0.3, 0.4) is 0 Å². The second kappa shape index (κ2) is 6.81. The Bertz CT molecular complexity index is 377. The van der Waals surface area contributed by atoms with Gasteiger partial charge in [-0.05, 0) is 37.7 Å². The Balaban J connectivity index is 1.81. The first-order chi connectivity index (χ1) is 8.75. The molecular weight excluding hydrogens is 244 g/mol. The number of carbonyl (C=O) groups excluding carboxylic acids is 1. The zero-order valence-corrected chi connectivity index (χ0v) is 11.5. The maximum atomic E-state index is 12.0. The van der Waals surface area contributed by atoms with Crippen LogP contribution < -0.4 is 10.6 Å². The average molecular weight is 264 g/mol. The molecule has 0 unspecified atom stereocenters. The molecule has 0 aromatic heterocycles. The van der Waals surface area contributed by atoms with Gasteiger partial charge in [0.1, 0.15) is 0 Å². The van der Waals surface area contributed by atoms with E-state index in [1.165, 1.54) is 18.6 Å². The molecule has 0 saturated carbocycles. The molecule has 2 atom stereocenters. The third kappa shape index (κ3) is 4.03. The number of carbonyl (C=O) groups is 1.